The maximum atomic E-state index is 11.2. The molecule has 94 valence electrons. The smallest absolute Gasteiger partial charge is 0.223 e. The largest absolute Gasteiger partial charge is 0.493 e. The lowest BCUT2D eigenvalue weighted by Crippen LogP contribution is -2.24. The van der Waals surface area contributed by atoms with E-state index in [1.54, 1.807) is 0 Å². The second-order valence-corrected chi connectivity index (χ2v) is 3.91. The van der Waals surface area contributed by atoms with E-state index >= 15 is 0 Å². The summed E-state index contributed by atoms with van der Waals surface area (Å²) in [4.78, 5) is 11.2. The summed E-state index contributed by atoms with van der Waals surface area (Å²) in [5.41, 5.74) is 6.81. The Morgan fingerprint density at radius 1 is 1.41 bits per heavy atom. The molecule has 4 heteroatoms. The molecule has 17 heavy (non-hydrogen) atoms. The van der Waals surface area contributed by atoms with E-state index in [0.717, 1.165) is 11.3 Å². The van der Waals surface area contributed by atoms with Crippen LogP contribution in [0.1, 0.15) is 31.9 Å². The maximum absolute atomic E-state index is 11.2. The van der Waals surface area contributed by atoms with Crippen molar-refractivity contribution in [3.05, 3.63) is 29.8 Å². The van der Waals surface area contributed by atoms with Gasteiger partial charge in [-0.3, -0.25) is 4.79 Å². The number of hydrogen-bond donors (Lipinski definition) is 2. The first-order valence-electron chi connectivity index (χ1n) is 5.88. The summed E-state index contributed by atoms with van der Waals surface area (Å²) in [6.45, 7) is 4.88. The number of benzene rings is 1. The van der Waals surface area contributed by atoms with E-state index in [-0.39, 0.29) is 11.9 Å². The monoisotopic (exact) mass is 236 g/mol. The van der Waals surface area contributed by atoms with Crippen molar-refractivity contribution in [2.24, 2.45) is 5.73 Å². The third-order valence-corrected chi connectivity index (χ3v) is 2.38. The summed E-state index contributed by atoms with van der Waals surface area (Å²) in [7, 11) is 0. The number of nitrogens with two attached hydrogens (primary N) is 1. The van der Waals surface area contributed by atoms with E-state index in [1.165, 1.54) is 0 Å². The number of amides is 1. The van der Waals surface area contributed by atoms with Crippen LogP contribution in [0.3, 0.4) is 0 Å². The molecule has 0 spiro atoms. The van der Waals surface area contributed by atoms with Crippen LogP contribution in [0.15, 0.2) is 24.3 Å². The standard InChI is InChI=1S/C13H20N2O2/c1-3-15-13(16)8-9-17-12-6-4-11(5-7-12)10(2)14/h4-7,10H,3,8-9,14H2,1-2H3,(H,15,16). The topological polar surface area (TPSA) is 64.3 Å². The molecule has 0 saturated carbocycles. The van der Waals surface area contributed by atoms with Crippen LogP contribution in [0.5, 0.6) is 5.75 Å². The van der Waals surface area contributed by atoms with Crippen molar-refractivity contribution in [2.75, 3.05) is 13.2 Å². The van der Waals surface area contributed by atoms with Crippen molar-refractivity contribution < 1.29 is 9.53 Å². The summed E-state index contributed by atoms with van der Waals surface area (Å²) in [5, 5.41) is 2.72. The molecule has 0 aromatic heterocycles. The number of carbonyl (C=O) groups excluding carboxylic acids is 1. The van der Waals surface area contributed by atoms with Gasteiger partial charge < -0.3 is 15.8 Å². The Balaban J connectivity index is 2.35. The van der Waals surface area contributed by atoms with Gasteiger partial charge in [0.05, 0.1) is 13.0 Å². The van der Waals surface area contributed by atoms with Crippen LogP contribution in [0, 0.1) is 0 Å². The third kappa shape index (κ3) is 4.87. The molecule has 3 N–H and O–H groups in total. The number of hydrogen-bond acceptors (Lipinski definition) is 3. The first kappa shape index (κ1) is 13.5. The fourth-order valence-corrected chi connectivity index (χ4v) is 1.41. The van der Waals surface area contributed by atoms with Crippen LogP contribution in [0.4, 0.5) is 0 Å². The Bertz CT molecular complexity index is 347. The molecule has 1 aromatic carbocycles. The Kier molecular flexibility index (Phi) is 5.49. The van der Waals surface area contributed by atoms with Gasteiger partial charge in [-0.2, -0.15) is 0 Å². The summed E-state index contributed by atoms with van der Waals surface area (Å²) in [6, 6.07) is 7.64. The lowest BCUT2D eigenvalue weighted by atomic mass is 10.1. The zero-order valence-corrected chi connectivity index (χ0v) is 10.4. The highest BCUT2D eigenvalue weighted by Gasteiger charge is 2.01. The minimum Gasteiger partial charge on any atom is -0.493 e. The quantitative estimate of drug-likeness (QED) is 0.788. The lowest BCUT2D eigenvalue weighted by molar-refractivity contribution is -0.121. The second kappa shape index (κ2) is 6.91. The van der Waals surface area contributed by atoms with Crippen LogP contribution in [-0.4, -0.2) is 19.1 Å². The Morgan fingerprint density at radius 2 is 2.06 bits per heavy atom. The van der Waals surface area contributed by atoms with E-state index in [4.69, 9.17) is 10.5 Å². The fraction of sp³-hybridized carbons (Fsp3) is 0.462. The molecule has 0 bridgehead atoms. The molecule has 1 aromatic rings. The van der Waals surface area contributed by atoms with Gasteiger partial charge in [0, 0.05) is 12.6 Å². The van der Waals surface area contributed by atoms with Gasteiger partial charge >= 0.3 is 0 Å². The first-order chi connectivity index (χ1) is 8.13. The van der Waals surface area contributed by atoms with Crippen LogP contribution in [0.25, 0.3) is 0 Å². The van der Waals surface area contributed by atoms with E-state index < -0.39 is 0 Å². The van der Waals surface area contributed by atoms with Crippen molar-refractivity contribution in [3.63, 3.8) is 0 Å². The van der Waals surface area contributed by atoms with Crippen LogP contribution >= 0.6 is 0 Å². The molecule has 0 radical (unpaired) electrons. The molecule has 0 heterocycles. The summed E-state index contributed by atoms with van der Waals surface area (Å²) in [6.07, 6.45) is 0.378. The molecule has 1 atom stereocenters. The normalized spacial score (nSPS) is 11.9. The number of carbonyl (C=O) groups is 1. The average molecular weight is 236 g/mol. The molecule has 4 nitrogen and oxygen atoms in total. The van der Waals surface area contributed by atoms with Gasteiger partial charge in [0.15, 0.2) is 0 Å². The molecule has 1 amide bonds. The van der Waals surface area contributed by atoms with Gasteiger partial charge in [-0.25, -0.2) is 0 Å². The molecular weight excluding hydrogens is 216 g/mol. The fourth-order valence-electron chi connectivity index (χ4n) is 1.41. The molecule has 0 aliphatic rings. The second-order valence-electron chi connectivity index (χ2n) is 3.91. The minimum absolute atomic E-state index is 0.0136. The zero-order chi connectivity index (χ0) is 12.7. The highest BCUT2D eigenvalue weighted by molar-refractivity contribution is 5.75. The van der Waals surface area contributed by atoms with Crippen molar-refractivity contribution >= 4 is 5.91 Å². The predicted molar refractivity (Wildman–Crippen MR) is 67.8 cm³/mol. The molecule has 0 aliphatic heterocycles. The molecule has 0 fully saturated rings. The maximum Gasteiger partial charge on any atom is 0.223 e. The van der Waals surface area contributed by atoms with Crippen molar-refractivity contribution in [1.82, 2.24) is 5.32 Å². The van der Waals surface area contributed by atoms with Gasteiger partial charge in [-0.1, -0.05) is 12.1 Å². The van der Waals surface area contributed by atoms with E-state index in [9.17, 15) is 4.79 Å². The number of ether oxygens (including phenoxy) is 1. The first-order valence-corrected chi connectivity index (χ1v) is 5.88. The molecule has 0 aliphatic carbocycles. The Hall–Kier alpha value is -1.55. The van der Waals surface area contributed by atoms with Gasteiger partial charge in [-0.05, 0) is 31.5 Å². The van der Waals surface area contributed by atoms with Crippen molar-refractivity contribution in [2.45, 2.75) is 26.3 Å². The predicted octanol–water partition coefficient (Wildman–Crippen LogP) is 1.61. The summed E-state index contributed by atoms with van der Waals surface area (Å²) in [5.74, 6) is 0.776. The van der Waals surface area contributed by atoms with Gasteiger partial charge in [0.25, 0.3) is 0 Å². The van der Waals surface area contributed by atoms with Crippen molar-refractivity contribution in [1.29, 1.82) is 0 Å². The number of nitrogens with one attached hydrogen (secondary N) is 1. The highest BCUT2D eigenvalue weighted by Crippen LogP contribution is 2.15. The number of rotatable bonds is 6. The summed E-state index contributed by atoms with van der Waals surface area (Å²) >= 11 is 0. The third-order valence-electron chi connectivity index (χ3n) is 2.38. The van der Waals surface area contributed by atoms with Gasteiger partial charge in [0.1, 0.15) is 5.75 Å². The van der Waals surface area contributed by atoms with Gasteiger partial charge in [0.2, 0.25) is 5.91 Å². The zero-order valence-electron chi connectivity index (χ0n) is 10.4. The minimum atomic E-state index is 0.0136. The molecule has 1 unspecified atom stereocenters. The van der Waals surface area contributed by atoms with Crippen molar-refractivity contribution in [3.8, 4) is 5.75 Å². The summed E-state index contributed by atoms with van der Waals surface area (Å²) < 4.78 is 5.46. The Morgan fingerprint density at radius 3 is 2.59 bits per heavy atom. The highest BCUT2D eigenvalue weighted by atomic mass is 16.5. The van der Waals surface area contributed by atoms with E-state index in [0.29, 0.717) is 19.6 Å². The lowest BCUT2D eigenvalue weighted by Gasteiger charge is -2.08. The average Bonchev–Trinajstić information content (AvgIpc) is 2.30. The van der Waals surface area contributed by atoms with Crippen LogP contribution in [0.2, 0.25) is 0 Å². The molecule has 1 rings (SSSR count). The SMILES string of the molecule is CCNC(=O)CCOc1ccc(C(C)N)cc1. The van der Waals surface area contributed by atoms with Crippen LogP contribution in [-0.2, 0) is 4.79 Å². The van der Waals surface area contributed by atoms with E-state index in [1.807, 2.05) is 38.1 Å². The van der Waals surface area contributed by atoms with Gasteiger partial charge in [-0.15, -0.1) is 0 Å². The van der Waals surface area contributed by atoms with E-state index in [2.05, 4.69) is 5.32 Å². The Labute approximate surface area is 102 Å². The molecule has 0 saturated heterocycles. The van der Waals surface area contributed by atoms with Crippen LogP contribution < -0.4 is 15.8 Å². The molecular formula is C13H20N2O2.